The van der Waals surface area contributed by atoms with Crippen LogP contribution >= 0.6 is 0 Å². The predicted octanol–water partition coefficient (Wildman–Crippen LogP) is 7.92. The molecule has 0 aliphatic heterocycles. The molecular weight excluding hydrogens is 476 g/mol. The van der Waals surface area contributed by atoms with Crippen LogP contribution in [-0.2, 0) is 10.3 Å². The van der Waals surface area contributed by atoms with Gasteiger partial charge in [-0.1, -0.05) is 122 Å². The number of carbonyl (C=O) groups is 1. The van der Waals surface area contributed by atoms with Crippen LogP contribution in [0.15, 0.2) is 133 Å². The standard InChI is InChI=1S/C36H30N2O/c39-34-24-35(21-12-22-35)32(34)23-27-13-10-11-20-31(27)33-25-38(26-37-33)36(28-14-4-1-5-15-28,29-16-6-2-7-17-29)30-18-8-3-9-19-30/h1-11,13-20,23,25-26H,12,21-22,24H2/b32-23-. The molecule has 1 heterocycles. The summed E-state index contributed by atoms with van der Waals surface area (Å²) in [6.45, 7) is 0. The van der Waals surface area contributed by atoms with Gasteiger partial charge in [-0.3, -0.25) is 4.79 Å². The van der Waals surface area contributed by atoms with Crippen molar-refractivity contribution in [2.45, 2.75) is 31.2 Å². The lowest BCUT2D eigenvalue weighted by molar-refractivity contribution is -0.127. The fourth-order valence-corrected chi connectivity index (χ4v) is 6.61. The molecule has 0 radical (unpaired) electrons. The number of Topliss-reactive ketones (excluding diaryl/α,β-unsaturated/α-hetero) is 1. The van der Waals surface area contributed by atoms with Crippen molar-refractivity contribution in [3.63, 3.8) is 0 Å². The van der Waals surface area contributed by atoms with Gasteiger partial charge in [-0.15, -0.1) is 0 Å². The molecule has 7 rings (SSSR count). The van der Waals surface area contributed by atoms with Crippen LogP contribution < -0.4 is 0 Å². The monoisotopic (exact) mass is 506 g/mol. The molecule has 1 aromatic heterocycles. The van der Waals surface area contributed by atoms with E-state index in [9.17, 15) is 4.79 Å². The zero-order valence-electron chi connectivity index (χ0n) is 21.8. The molecule has 39 heavy (non-hydrogen) atoms. The van der Waals surface area contributed by atoms with Gasteiger partial charge in [0.2, 0.25) is 0 Å². The number of ketones is 1. The maximum absolute atomic E-state index is 12.6. The van der Waals surface area contributed by atoms with Crippen LogP contribution in [0.1, 0.15) is 47.9 Å². The normalized spacial score (nSPS) is 17.1. The second-order valence-corrected chi connectivity index (χ2v) is 10.9. The number of hydrogen-bond acceptors (Lipinski definition) is 2. The second kappa shape index (κ2) is 9.36. The van der Waals surface area contributed by atoms with Crippen LogP contribution in [0.25, 0.3) is 17.3 Å². The molecule has 4 aromatic carbocycles. The zero-order chi connectivity index (χ0) is 26.3. The number of carbonyl (C=O) groups excluding carboxylic acids is 1. The predicted molar refractivity (Wildman–Crippen MR) is 156 cm³/mol. The highest BCUT2D eigenvalue weighted by Gasteiger charge is 2.52. The number of allylic oxidation sites excluding steroid dienone is 1. The van der Waals surface area contributed by atoms with Gasteiger partial charge in [-0.2, -0.15) is 0 Å². The van der Waals surface area contributed by atoms with Crippen molar-refractivity contribution in [3.8, 4) is 11.3 Å². The van der Waals surface area contributed by atoms with Gasteiger partial charge in [0, 0.05) is 29.2 Å². The first-order valence-electron chi connectivity index (χ1n) is 13.8. The Labute approximate surface area is 229 Å². The molecule has 0 N–H and O–H groups in total. The number of rotatable bonds is 6. The molecule has 0 unspecified atom stereocenters. The molecule has 0 amide bonds. The molecule has 2 aliphatic rings. The molecule has 3 nitrogen and oxygen atoms in total. The minimum Gasteiger partial charge on any atom is -0.318 e. The number of hydrogen-bond donors (Lipinski definition) is 0. The third kappa shape index (κ3) is 3.72. The summed E-state index contributed by atoms with van der Waals surface area (Å²) in [7, 11) is 0. The number of benzene rings is 4. The van der Waals surface area contributed by atoms with Crippen molar-refractivity contribution >= 4 is 11.9 Å². The van der Waals surface area contributed by atoms with Crippen molar-refractivity contribution in [1.29, 1.82) is 0 Å². The molecule has 0 atom stereocenters. The molecule has 2 fully saturated rings. The molecule has 2 aliphatic carbocycles. The summed E-state index contributed by atoms with van der Waals surface area (Å²) in [6.07, 6.45) is 10.4. The third-order valence-corrected chi connectivity index (χ3v) is 8.76. The fraction of sp³-hybridized carbons (Fsp3) is 0.167. The highest BCUT2D eigenvalue weighted by Crippen LogP contribution is 2.58. The Hall–Kier alpha value is -4.50. The summed E-state index contributed by atoms with van der Waals surface area (Å²) in [5.74, 6) is 0.297. The van der Waals surface area contributed by atoms with Gasteiger partial charge >= 0.3 is 0 Å². The topological polar surface area (TPSA) is 34.9 Å². The highest BCUT2D eigenvalue weighted by molar-refractivity contribution is 6.08. The largest absolute Gasteiger partial charge is 0.318 e. The van der Waals surface area contributed by atoms with Crippen LogP contribution in [0.2, 0.25) is 0 Å². The summed E-state index contributed by atoms with van der Waals surface area (Å²) >= 11 is 0. The lowest BCUT2D eigenvalue weighted by Gasteiger charge is -2.50. The molecule has 0 saturated heterocycles. The number of aromatic nitrogens is 2. The van der Waals surface area contributed by atoms with Gasteiger partial charge in [0.05, 0.1) is 12.0 Å². The van der Waals surface area contributed by atoms with Gasteiger partial charge in [0.1, 0.15) is 5.54 Å². The maximum atomic E-state index is 12.6. The molecule has 2 saturated carbocycles. The Morgan fingerprint density at radius 2 is 1.26 bits per heavy atom. The van der Waals surface area contributed by atoms with Crippen molar-refractivity contribution in [3.05, 3.63) is 156 Å². The first kappa shape index (κ1) is 23.6. The van der Waals surface area contributed by atoms with Crippen LogP contribution in [0.4, 0.5) is 0 Å². The third-order valence-electron chi connectivity index (χ3n) is 8.76. The molecule has 1 spiro atoms. The van der Waals surface area contributed by atoms with Crippen LogP contribution in [0, 0.1) is 5.41 Å². The van der Waals surface area contributed by atoms with Gasteiger partial charge in [-0.25, -0.2) is 4.98 Å². The van der Waals surface area contributed by atoms with E-state index in [0.717, 1.165) is 51.9 Å². The van der Waals surface area contributed by atoms with E-state index >= 15 is 0 Å². The van der Waals surface area contributed by atoms with Crippen LogP contribution in [0.5, 0.6) is 0 Å². The highest BCUT2D eigenvalue weighted by atomic mass is 16.1. The minimum atomic E-state index is -0.609. The van der Waals surface area contributed by atoms with Gasteiger partial charge in [-0.05, 0) is 41.2 Å². The van der Waals surface area contributed by atoms with E-state index in [2.05, 4.69) is 126 Å². The van der Waals surface area contributed by atoms with Crippen molar-refractivity contribution in [1.82, 2.24) is 9.55 Å². The van der Waals surface area contributed by atoms with Crippen molar-refractivity contribution < 1.29 is 4.79 Å². The first-order valence-corrected chi connectivity index (χ1v) is 13.8. The smallest absolute Gasteiger partial charge is 0.160 e. The Balaban J connectivity index is 1.41. The van der Waals surface area contributed by atoms with E-state index in [1.54, 1.807) is 0 Å². The minimum absolute atomic E-state index is 0.132. The molecule has 190 valence electrons. The Kier molecular flexibility index (Phi) is 5.66. The lowest BCUT2D eigenvalue weighted by atomic mass is 9.52. The fourth-order valence-electron chi connectivity index (χ4n) is 6.61. The Bertz CT molecular complexity index is 1560. The lowest BCUT2D eigenvalue weighted by Crippen LogP contribution is -2.45. The van der Waals surface area contributed by atoms with Crippen LogP contribution in [0.3, 0.4) is 0 Å². The van der Waals surface area contributed by atoms with E-state index in [0.29, 0.717) is 12.2 Å². The Morgan fingerprint density at radius 1 is 0.718 bits per heavy atom. The molecular formula is C36H30N2O. The summed E-state index contributed by atoms with van der Waals surface area (Å²) in [6, 6.07) is 40.3. The van der Waals surface area contributed by atoms with Gasteiger partial charge in [0.15, 0.2) is 5.78 Å². The van der Waals surface area contributed by atoms with E-state index in [1.165, 1.54) is 6.42 Å². The van der Waals surface area contributed by atoms with Crippen molar-refractivity contribution in [2.24, 2.45) is 5.41 Å². The number of nitrogens with zero attached hydrogens (tertiary/aromatic N) is 2. The SMILES string of the molecule is O=C1CC2(CCC2)/C1=C\c1ccccc1-c1cn(C(c2ccccc2)(c2ccccc2)c2ccccc2)cn1. The van der Waals surface area contributed by atoms with Gasteiger partial charge in [0.25, 0.3) is 0 Å². The van der Waals surface area contributed by atoms with Crippen molar-refractivity contribution in [2.75, 3.05) is 0 Å². The van der Waals surface area contributed by atoms with E-state index < -0.39 is 5.54 Å². The second-order valence-electron chi connectivity index (χ2n) is 10.9. The maximum Gasteiger partial charge on any atom is 0.160 e. The Morgan fingerprint density at radius 3 is 1.77 bits per heavy atom. The quantitative estimate of drug-likeness (QED) is 0.173. The first-order chi connectivity index (χ1) is 19.2. The average Bonchev–Trinajstić information content (AvgIpc) is 3.46. The summed E-state index contributed by atoms with van der Waals surface area (Å²) < 4.78 is 2.24. The van der Waals surface area contributed by atoms with E-state index in [1.807, 2.05) is 12.4 Å². The molecule has 5 aromatic rings. The summed E-state index contributed by atoms with van der Waals surface area (Å²) in [5, 5.41) is 0. The summed E-state index contributed by atoms with van der Waals surface area (Å²) in [4.78, 5) is 17.6. The zero-order valence-corrected chi connectivity index (χ0v) is 21.8. The van der Waals surface area contributed by atoms with E-state index in [-0.39, 0.29) is 5.41 Å². The molecule has 3 heteroatoms. The van der Waals surface area contributed by atoms with E-state index in [4.69, 9.17) is 4.98 Å². The van der Waals surface area contributed by atoms with Gasteiger partial charge < -0.3 is 4.57 Å². The van der Waals surface area contributed by atoms with Crippen LogP contribution in [-0.4, -0.2) is 15.3 Å². The molecule has 0 bridgehead atoms. The number of imidazole rings is 1. The average molecular weight is 507 g/mol. The summed E-state index contributed by atoms with van der Waals surface area (Å²) in [5.41, 5.74) is 7.01.